The molecular formula is C7H7BN2. The summed E-state index contributed by atoms with van der Waals surface area (Å²) in [4.78, 5) is 0. The van der Waals surface area contributed by atoms with E-state index in [-0.39, 0.29) is 5.84 Å². The minimum absolute atomic E-state index is 0.0694. The summed E-state index contributed by atoms with van der Waals surface area (Å²) in [5.41, 5.74) is 6.59. The quantitative estimate of drug-likeness (QED) is 0.307. The first-order valence-electron chi connectivity index (χ1n) is 2.90. The highest BCUT2D eigenvalue weighted by Crippen LogP contribution is 1.92. The van der Waals surface area contributed by atoms with Crippen molar-refractivity contribution in [2.24, 2.45) is 5.73 Å². The number of benzene rings is 1. The SMILES string of the molecule is [B]c1ccc(C(=N)N)cc1. The molecule has 0 unspecified atom stereocenters. The second kappa shape index (κ2) is 2.56. The molecule has 0 bridgehead atoms. The predicted molar refractivity (Wildman–Crippen MR) is 42.8 cm³/mol. The number of nitrogen functional groups attached to an aromatic ring is 1. The van der Waals surface area contributed by atoms with Crippen molar-refractivity contribution in [1.29, 1.82) is 5.41 Å². The fourth-order valence-electron chi connectivity index (χ4n) is 0.663. The molecule has 0 aromatic heterocycles. The predicted octanol–water partition coefficient (Wildman–Crippen LogP) is -0.236. The Hall–Kier alpha value is -1.25. The third-order valence-electron chi connectivity index (χ3n) is 1.22. The lowest BCUT2D eigenvalue weighted by Crippen LogP contribution is -2.12. The molecule has 0 fully saturated rings. The molecule has 1 rings (SSSR count). The number of nitrogens with two attached hydrogens (primary N) is 1. The Kier molecular flexibility index (Phi) is 1.76. The van der Waals surface area contributed by atoms with Crippen molar-refractivity contribution in [1.82, 2.24) is 0 Å². The number of hydrogen-bond donors (Lipinski definition) is 2. The number of rotatable bonds is 1. The Labute approximate surface area is 61.0 Å². The first-order chi connectivity index (χ1) is 4.70. The van der Waals surface area contributed by atoms with Crippen LogP contribution in [0.2, 0.25) is 0 Å². The normalized spacial score (nSPS) is 9.20. The molecule has 48 valence electrons. The van der Waals surface area contributed by atoms with E-state index in [9.17, 15) is 0 Å². The van der Waals surface area contributed by atoms with Crippen molar-refractivity contribution in [3.63, 3.8) is 0 Å². The van der Waals surface area contributed by atoms with Crippen LogP contribution in [0, 0.1) is 5.41 Å². The summed E-state index contributed by atoms with van der Waals surface area (Å²) < 4.78 is 0. The van der Waals surface area contributed by atoms with Gasteiger partial charge in [-0.15, -0.1) is 0 Å². The Bertz CT molecular complexity index is 240. The van der Waals surface area contributed by atoms with Gasteiger partial charge >= 0.3 is 0 Å². The first kappa shape index (κ1) is 6.87. The number of amidine groups is 1. The highest BCUT2D eigenvalue weighted by Gasteiger charge is 1.91. The average molecular weight is 130 g/mol. The Morgan fingerprint density at radius 1 is 1.30 bits per heavy atom. The van der Waals surface area contributed by atoms with Crippen LogP contribution in [0.4, 0.5) is 0 Å². The molecule has 10 heavy (non-hydrogen) atoms. The smallest absolute Gasteiger partial charge is 0.122 e. The van der Waals surface area contributed by atoms with E-state index in [1.165, 1.54) is 0 Å². The van der Waals surface area contributed by atoms with Gasteiger partial charge in [0, 0.05) is 5.56 Å². The molecule has 3 N–H and O–H groups in total. The van der Waals surface area contributed by atoms with Gasteiger partial charge in [0.1, 0.15) is 13.7 Å². The molecule has 1 aromatic carbocycles. The second-order valence-electron chi connectivity index (χ2n) is 2.04. The minimum Gasteiger partial charge on any atom is -0.384 e. The maximum Gasteiger partial charge on any atom is 0.122 e. The monoisotopic (exact) mass is 130 g/mol. The van der Waals surface area contributed by atoms with Crippen molar-refractivity contribution in [2.45, 2.75) is 0 Å². The van der Waals surface area contributed by atoms with Crippen LogP contribution in [0.1, 0.15) is 5.56 Å². The van der Waals surface area contributed by atoms with Crippen molar-refractivity contribution < 1.29 is 0 Å². The average Bonchev–Trinajstić information content (AvgIpc) is 1.88. The van der Waals surface area contributed by atoms with E-state index in [0.29, 0.717) is 11.0 Å². The van der Waals surface area contributed by atoms with Gasteiger partial charge in [-0.3, -0.25) is 5.41 Å². The molecule has 3 heteroatoms. The van der Waals surface area contributed by atoms with Crippen molar-refractivity contribution in [3.8, 4) is 0 Å². The molecule has 0 amide bonds. The van der Waals surface area contributed by atoms with E-state index in [0.717, 1.165) is 0 Å². The first-order valence-corrected chi connectivity index (χ1v) is 2.90. The molecule has 2 nitrogen and oxygen atoms in total. The van der Waals surface area contributed by atoms with Gasteiger partial charge in [-0.2, -0.15) is 0 Å². The van der Waals surface area contributed by atoms with Gasteiger partial charge in [-0.05, 0) is 0 Å². The van der Waals surface area contributed by atoms with E-state index >= 15 is 0 Å². The fraction of sp³-hybridized carbons (Fsp3) is 0. The highest BCUT2D eigenvalue weighted by molar-refractivity contribution is 6.32. The molecule has 0 aliphatic heterocycles. The zero-order valence-electron chi connectivity index (χ0n) is 5.46. The molecule has 2 radical (unpaired) electrons. The summed E-state index contributed by atoms with van der Waals surface area (Å²) in [6.45, 7) is 0. The van der Waals surface area contributed by atoms with Crippen LogP contribution in [0.15, 0.2) is 24.3 Å². The lowest BCUT2D eigenvalue weighted by Gasteiger charge is -1.96. The zero-order chi connectivity index (χ0) is 7.56. The van der Waals surface area contributed by atoms with Crippen LogP contribution >= 0.6 is 0 Å². The lowest BCUT2D eigenvalue weighted by molar-refractivity contribution is 1.43. The van der Waals surface area contributed by atoms with Gasteiger partial charge in [-0.1, -0.05) is 29.7 Å². The van der Waals surface area contributed by atoms with E-state index in [1.54, 1.807) is 24.3 Å². The third kappa shape index (κ3) is 1.38. The maximum absolute atomic E-state index is 7.04. The van der Waals surface area contributed by atoms with E-state index in [2.05, 4.69) is 0 Å². The molecule has 0 atom stereocenters. The van der Waals surface area contributed by atoms with Gasteiger partial charge in [0.05, 0.1) is 0 Å². The van der Waals surface area contributed by atoms with Crippen LogP contribution < -0.4 is 11.2 Å². The van der Waals surface area contributed by atoms with Crippen LogP contribution in [0.25, 0.3) is 0 Å². The Morgan fingerprint density at radius 2 is 1.80 bits per heavy atom. The molecule has 0 aliphatic carbocycles. The van der Waals surface area contributed by atoms with Gasteiger partial charge in [-0.25, -0.2) is 0 Å². The van der Waals surface area contributed by atoms with E-state index in [1.807, 2.05) is 0 Å². The molecular weight excluding hydrogens is 123 g/mol. The van der Waals surface area contributed by atoms with Crippen molar-refractivity contribution in [3.05, 3.63) is 29.8 Å². The summed E-state index contributed by atoms with van der Waals surface area (Å²) in [6, 6.07) is 6.88. The van der Waals surface area contributed by atoms with Crippen LogP contribution in [0.3, 0.4) is 0 Å². The van der Waals surface area contributed by atoms with Crippen LogP contribution in [-0.2, 0) is 0 Å². The number of hydrogen-bond acceptors (Lipinski definition) is 1. The summed E-state index contributed by atoms with van der Waals surface area (Å²) in [6.07, 6.45) is 0. The molecule has 0 saturated heterocycles. The van der Waals surface area contributed by atoms with Gasteiger partial charge in [0.15, 0.2) is 0 Å². The van der Waals surface area contributed by atoms with Gasteiger partial charge < -0.3 is 5.73 Å². The van der Waals surface area contributed by atoms with Gasteiger partial charge in [0.2, 0.25) is 0 Å². The zero-order valence-corrected chi connectivity index (χ0v) is 5.46. The molecule has 1 aromatic rings. The third-order valence-corrected chi connectivity index (χ3v) is 1.22. The maximum atomic E-state index is 7.04. The summed E-state index contributed by atoms with van der Waals surface area (Å²) >= 11 is 0. The minimum atomic E-state index is 0.0694. The second-order valence-corrected chi connectivity index (χ2v) is 2.04. The standard InChI is InChI=1S/C7H7BN2/c8-6-3-1-5(2-4-6)7(9)10/h1-4H,(H3,9,10). The van der Waals surface area contributed by atoms with Gasteiger partial charge in [0.25, 0.3) is 0 Å². The van der Waals surface area contributed by atoms with Crippen molar-refractivity contribution >= 4 is 19.1 Å². The lowest BCUT2D eigenvalue weighted by atomic mass is 9.95. The van der Waals surface area contributed by atoms with Crippen molar-refractivity contribution in [2.75, 3.05) is 0 Å². The molecule has 0 spiro atoms. The molecule has 0 aliphatic rings. The van der Waals surface area contributed by atoms with E-state index in [4.69, 9.17) is 19.0 Å². The van der Waals surface area contributed by atoms with Crippen LogP contribution in [-0.4, -0.2) is 13.7 Å². The van der Waals surface area contributed by atoms with E-state index < -0.39 is 0 Å². The largest absolute Gasteiger partial charge is 0.384 e. The molecule has 0 heterocycles. The van der Waals surface area contributed by atoms with Crippen LogP contribution in [0.5, 0.6) is 0 Å². The fourth-order valence-corrected chi connectivity index (χ4v) is 0.663. The summed E-state index contributed by atoms with van der Waals surface area (Å²) in [5.74, 6) is 0.0694. The summed E-state index contributed by atoms with van der Waals surface area (Å²) in [5, 5.41) is 7.04. The summed E-state index contributed by atoms with van der Waals surface area (Å²) in [7, 11) is 5.42. The molecule has 0 saturated carbocycles. The number of nitrogens with one attached hydrogen (secondary N) is 1. The Balaban J connectivity index is 3.00. The highest BCUT2D eigenvalue weighted by atomic mass is 14.7. The Morgan fingerprint density at radius 3 is 2.20 bits per heavy atom. The topological polar surface area (TPSA) is 49.9 Å².